The second-order valence-corrected chi connectivity index (χ2v) is 9.40. The number of rotatable bonds is 8. The number of anilines is 1. The van der Waals surface area contributed by atoms with Crippen molar-refractivity contribution in [2.24, 2.45) is 0 Å². The number of imide groups is 2. The number of carbonyl (C=O) groups is 3. The van der Waals surface area contributed by atoms with Gasteiger partial charge in [0.2, 0.25) is 0 Å². The summed E-state index contributed by atoms with van der Waals surface area (Å²) in [6.07, 6.45) is 2.97. The Hall–Kier alpha value is -3.69. The van der Waals surface area contributed by atoms with Crippen LogP contribution in [0, 0.1) is 0 Å². The number of halogens is 2. The zero-order valence-corrected chi connectivity index (χ0v) is 22.0. The Labute approximate surface area is 224 Å². The first kappa shape index (κ1) is 25.4. The number of urea groups is 1. The number of nitrogens with one attached hydrogen (secondary N) is 1. The van der Waals surface area contributed by atoms with E-state index in [1.165, 1.54) is 6.08 Å². The van der Waals surface area contributed by atoms with Crippen molar-refractivity contribution in [3.63, 3.8) is 0 Å². The van der Waals surface area contributed by atoms with Gasteiger partial charge in [-0.2, -0.15) is 0 Å². The van der Waals surface area contributed by atoms with Gasteiger partial charge >= 0.3 is 6.03 Å². The summed E-state index contributed by atoms with van der Waals surface area (Å²) in [5, 5.41) is 2.23. The molecule has 0 saturated carbocycles. The maximum absolute atomic E-state index is 13.3. The van der Waals surface area contributed by atoms with Crippen LogP contribution in [0.2, 0.25) is 0 Å². The average molecular weight is 612 g/mol. The molecule has 7 nitrogen and oxygen atoms in total. The fourth-order valence-electron chi connectivity index (χ4n) is 3.46. The second kappa shape index (κ2) is 11.4. The highest BCUT2D eigenvalue weighted by Crippen LogP contribution is 2.35. The van der Waals surface area contributed by atoms with E-state index >= 15 is 0 Å². The molecular formula is C27H20Br2N2O5. The molecule has 1 fully saturated rings. The van der Waals surface area contributed by atoms with Crippen LogP contribution in [0.1, 0.15) is 11.1 Å². The van der Waals surface area contributed by atoms with E-state index in [2.05, 4.69) is 43.8 Å². The van der Waals surface area contributed by atoms with Crippen molar-refractivity contribution in [2.45, 2.75) is 6.61 Å². The molecule has 1 N–H and O–H groups in total. The Bertz CT molecular complexity index is 1350. The minimum absolute atomic E-state index is 0.215. The molecule has 0 radical (unpaired) electrons. The first-order valence-corrected chi connectivity index (χ1v) is 12.4. The first-order chi connectivity index (χ1) is 17.4. The normalized spacial score (nSPS) is 14.6. The quantitative estimate of drug-likeness (QED) is 0.191. The van der Waals surface area contributed by atoms with E-state index in [0.717, 1.165) is 10.5 Å². The Balaban J connectivity index is 1.60. The summed E-state index contributed by atoms with van der Waals surface area (Å²) in [6, 6.07) is 18.8. The van der Waals surface area contributed by atoms with Gasteiger partial charge in [0.15, 0.2) is 0 Å². The summed E-state index contributed by atoms with van der Waals surface area (Å²) < 4.78 is 12.8. The van der Waals surface area contributed by atoms with E-state index in [0.29, 0.717) is 38.3 Å². The Morgan fingerprint density at radius 2 is 1.67 bits per heavy atom. The van der Waals surface area contributed by atoms with Gasteiger partial charge in [-0.15, -0.1) is 0 Å². The maximum Gasteiger partial charge on any atom is 0.335 e. The molecule has 3 aromatic rings. The summed E-state index contributed by atoms with van der Waals surface area (Å²) in [7, 11) is 0. The number of barbiturate groups is 1. The average Bonchev–Trinajstić information content (AvgIpc) is 2.86. The smallest absolute Gasteiger partial charge is 0.335 e. The van der Waals surface area contributed by atoms with Crippen LogP contribution in [0.5, 0.6) is 11.5 Å². The van der Waals surface area contributed by atoms with Gasteiger partial charge in [-0.25, -0.2) is 9.69 Å². The van der Waals surface area contributed by atoms with Gasteiger partial charge in [0, 0.05) is 10.0 Å². The van der Waals surface area contributed by atoms with Crippen LogP contribution in [-0.2, 0) is 16.2 Å². The van der Waals surface area contributed by atoms with E-state index in [1.807, 2.05) is 30.3 Å². The van der Waals surface area contributed by atoms with E-state index in [4.69, 9.17) is 9.47 Å². The molecule has 0 bridgehead atoms. The lowest BCUT2D eigenvalue weighted by Gasteiger charge is -2.26. The van der Waals surface area contributed by atoms with Crippen molar-refractivity contribution in [2.75, 3.05) is 11.5 Å². The topological polar surface area (TPSA) is 84.9 Å². The number of hydrogen-bond donors (Lipinski definition) is 1. The Morgan fingerprint density at radius 3 is 2.36 bits per heavy atom. The number of amides is 4. The van der Waals surface area contributed by atoms with Crippen LogP contribution >= 0.6 is 31.9 Å². The van der Waals surface area contributed by atoms with Gasteiger partial charge in [0.1, 0.15) is 30.3 Å². The van der Waals surface area contributed by atoms with Crippen molar-refractivity contribution in [1.82, 2.24) is 5.32 Å². The second-order valence-electron chi connectivity index (χ2n) is 7.63. The number of nitrogens with zero attached hydrogens (tertiary/aromatic N) is 1. The van der Waals surface area contributed by atoms with Gasteiger partial charge in [-0.3, -0.25) is 14.9 Å². The molecule has 4 rings (SSSR count). The third kappa shape index (κ3) is 5.75. The summed E-state index contributed by atoms with van der Waals surface area (Å²) >= 11 is 6.84. The molecule has 1 heterocycles. The number of hydrogen-bond acceptors (Lipinski definition) is 5. The summed E-state index contributed by atoms with van der Waals surface area (Å²) in [5.41, 5.74) is 1.56. The molecule has 36 heavy (non-hydrogen) atoms. The summed E-state index contributed by atoms with van der Waals surface area (Å²) in [4.78, 5) is 39.4. The monoisotopic (exact) mass is 610 g/mol. The molecular weight excluding hydrogens is 592 g/mol. The molecule has 0 spiro atoms. The van der Waals surface area contributed by atoms with Gasteiger partial charge in [0.25, 0.3) is 11.8 Å². The highest BCUT2D eigenvalue weighted by Gasteiger charge is 2.37. The molecule has 182 valence electrons. The minimum atomic E-state index is -0.835. The molecule has 3 aromatic carbocycles. The van der Waals surface area contributed by atoms with Crippen LogP contribution in [-0.4, -0.2) is 24.5 Å². The van der Waals surface area contributed by atoms with Crippen molar-refractivity contribution in [3.05, 3.63) is 105 Å². The van der Waals surface area contributed by atoms with Crippen molar-refractivity contribution in [1.29, 1.82) is 0 Å². The largest absolute Gasteiger partial charge is 0.489 e. The van der Waals surface area contributed by atoms with Crippen LogP contribution in [0.25, 0.3) is 6.08 Å². The molecule has 1 aliphatic rings. The van der Waals surface area contributed by atoms with Crippen molar-refractivity contribution in [3.8, 4) is 11.5 Å². The van der Waals surface area contributed by atoms with E-state index in [-0.39, 0.29) is 12.2 Å². The van der Waals surface area contributed by atoms with Gasteiger partial charge < -0.3 is 9.47 Å². The standard InChI is InChI=1S/C27H20Br2N2O5/c1-2-12-35-24-18(13-19(28)15-23(24)29)14-22-25(32)30-27(34)31(26(22)33)20-8-10-21(11-9-20)36-16-17-6-4-3-5-7-17/h2-11,13-15H,1,12,16H2,(H,30,32,34)/b22-14+. The van der Waals surface area contributed by atoms with Crippen molar-refractivity contribution < 1.29 is 23.9 Å². The fraction of sp³-hybridized carbons (Fsp3) is 0.0741. The Kier molecular flexibility index (Phi) is 8.02. The van der Waals surface area contributed by atoms with Crippen LogP contribution in [0.4, 0.5) is 10.5 Å². The lowest BCUT2D eigenvalue weighted by molar-refractivity contribution is -0.122. The van der Waals surface area contributed by atoms with Gasteiger partial charge in [-0.1, -0.05) is 58.9 Å². The van der Waals surface area contributed by atoms with E-state index in [9.17, 15) is 14.4 Å². The zero-order valence-electron chi connectivity index (χ0n) is 18.9. The molecule has 0 atom stereocenters. The lowest BCUT2D eigenvalue weighted by atomic mass is 10.1. The van der Waals surface area contributed by atoms with Crippen LogP contribution < -0.4 is 19.7 Å². The lowest BCUT2D eigenvalue weighted by Crippen LogP contribution is -2.54. The maximum atomic E-state index is 13.3. The fourth-order valence-corrected chi connectivity index (χ4v) is 4.83. The molecule has 0 unspecified atom stereocenters. The predicted molar refractivity (Wildman–Crippen MR) is 144 cm³/mol. The highest BCUT2D eigenvalue weighted by molar-refractivity contribution is 9.11. The van der Waals surface area contributed by atoms with E-state index < -0.39 is 17.8 Å². The molecule has 9 heteroatoms. The number of carbonyl (C=O) groups excluding carboxylic acids is 3. The molecule has 4 amide bonds. The molecule has 1 aliphatic heterocycles. The number of benzene rings is 3. The summed E-state index contributed by atoms with van der Waals surface area (Å²) in [6.45, 7) is 4.24. The van der Waals surface area contributed by atoms with Gasteiger partial charge in [-0.05, 0) is 64.0 Å². The minimum Gasteiger partial charge on any atom is -0.489 e. The predicted octanol–water partition coefficient (Wildman–Crippen LogP) is 6.02. The summed E-state index contributed by atoms with van der Waals surface area (Å²) in [5.74, 6) is -0.556. The van der Waals surface area contributed by atoms with Crippen molar-refractivity contribution >= 4 is 61.5 Å². The van der Waals surface area contributed by atoms with Crippen LogP contribution in [0.15, 0.2) is 93.9 Å². The molecule has 0 aliphatic carbocycles. The molecule has 1 saturated heterocycles. The van der Waals surface area contributed by atoms with E-state index in [1.54, 1.807) is 42.5 Å². The third-order valence-corrected chi connectivity index (χ3v) is 6.17. The van der Waals surface area contributed by atoms with Gasteiger partial charge in [0.05, 0.1) is 10.2 Å². The SMILES string of the molecule is C=CCOc1c(Br)cc(Br)cc1/C=C1\C(=O)NC(=O)N(c2ccc(OCc3ccccc3)cc2)C1=O. The number of ether oxygens (including phenoxy) is 2. The Morgan fingerprint density at radius 1 is 0.944 bits per heavy atom. The zero-order chi connectivity index (χ0) is 25.7. The highest BCUT2D eigenvalue weighted by atomic mass is 79.9. The molecule has 0 aromatic heterocycles. The first-order valence-electron chi connectivity index (χ1n) is 10.8. The van der Waals surface area contributed by atoms with Crippen LogP contribution in [0.3, 0.4) is 0 Å². The third-order valence-electron chi connectivity index (χ3n) is 5.13.